The van der Waals surface area contributed by atoms with E-state index in [-0.39, 0.29) is 23.1 Å². The number of hydrogen-bond acceptors (Lipinski definition) is 2. The lowest BCUT2D eigenvalue weighted by atomic mass is 9.77. The van der Waals surface area contributed by atoms with Gasteiger partial charge in [0.25, 0.3) is 5.91 Å². The molecule has 1 aromatic rings. The van der Waals surface area contributed by atoms with Gasteiger partial charge in [-0.15, -0.1) is 0 Å². The molecular formula is C18H27ClN2O2. The van der Waals surface area contributed by atoms with E-state index in [1.54, 1.807) is 24.3 Å². The summed E-state index contributed by atoms with van der Waals surface area (Å²) < 4.78 is 0. The molecule has 4 nitrogen and oxygen atoms in total. The maximum Gasteiger partial charge on any atom is 0.269 e. The monoisotopic (exact) mass is 338 g/mol. The zero-order chi connectivity index (χ0) is 17.5. The number of carbonyl (C=O) groups is 2. The van der Waals surface area contributed by atoms with Crippen LogP contribution in [0.4, 0.5) is 0 Å². The fourth-order valence-electron chi connectivity index (χ4n) is 2.43. The van der Waals surface area contributed by atoms with Gasteiger partial charge in [0.15, 0.2) is 0 Å². The van der Waals surface area contributed by atoms with Gasteiger partial charge >= 0.3 is 0 Å². The molecule has 23 heavy (non-hydrogen) atoms. The Kier molecular flexibility index (Phi) is 7.56. The third kappa shape index (κ3) is 6.61. The number of hydrogen-bond donors (Lipinski definition) is 2. The van der Waals surface area contributed by atoms with E-state index in [1.165, 1.54) is 0 Å². The Morgan fingerprint density at radius 2 is 1.70 bits per heavy atom. The minimum Gasteiger partial charge on any atom is -0.273 e. The molecule has 0 saturated heterocycles. The van der Waals surface area contributed by atoms with Gasteiger partial charge in [-0.25, -0.2) is 0 Å². The Balaban J connectivity index is 2.60. The summed E-state index contributed by atoms with van der Waals surface area (Å²) in [4.78, 5) is 24.5. The topological polar surface area (TPSA) is 58.2 Å². The Hall–Kier alpha value is -1.55. The standard InChI is InChI=1S/C18H27ClN2O2/c1-5-6-7-8-15(18(2,3)4)17(23)21-20-16(22)13-9-11-14(19)12-10-13/h9-12,15H,5-8H2,1-4H3,(H,20,22)(H,21,23). The van der Waals surface area contributed by atoms with Crippen molar-refractivity contribution >= 4 is 23.4 Å². The molecule has 0 bridgehead atoms. The lowest BCUT2D eigenvalue weighted by molar-refractivity contribution is -0.129. The van der Waals surface area contributed by atoms with E-state index in [4.69, 9.17) is 11.6 Å². The smallest absolute Gasteiger partial charge is 0.269 e. The maximum absolute atomic E-state index is 12.4. The molecule has 0 radical (unpaired) electrons. The van der Waals surface area contributed by atoms with E-state index in [1.807, 2.05) is 20.8 Å². The molecule has 1 aromatic carbocycles. The summed E-state index contributed by atoms with van der Waals surface area (Å²) >= 11 is 5.79. The average Bonchev–Trinajstić information content (AvgIpc) is 2.48. The molecular weight excluding hydrogens is 312 g/mol. The second-order valence-electron chi connectivity index (χ2n) is 6.86. The molecule has 1 unspecified atom stereocenters. The first kappa shape index (κ1) is 19.5. The highest BCUT2D eigenvalue weighted by atomic mass is 35.5. The highest BCUT2D eigenvalue weighted by molar-refractivity contribution is 6.30. The second kappa shape index (κ2) is 8.92. The van der Waals surface area contributed by atoms with Crippen LogP contribution in [-0.2, 0) is 4.79 Å². The van der Waals surface area contributed by atoms with Crippen LogP contribution in [0.25, 0.3) is 0 Å². The Morgan fingerprint density at radius 3 is 2.22 bits per heavy atom. The van der Waals surface area contributed by atoms with Crippen LogP contribution in [0.3, 0.4) is 0 Å². The molecule has 0 heterocycles. The van der Waals surface area contributed by atoms with Crippen LogP contribution in [0.15, 0.2) is 24.3 Å². The fourth-order valence-corrected chi connectivity index (χ4v) is 2.56. The molecule has 1 atom stereocenters. The van der Waals surface area contributed by atoms with Gasteiger partial charge < -0.3 is 0 Å². The fraction of sp³-hybridized carbons (Fsp3) is 0.556. The molecule has 128 valence electrons. The third-order valence-corrected chi connectivity index (χ3v) is 4.12. The highest BCUT2D eigenvalue weighted by Gasteiger charge is 2.30. The number of unbranched alkanes of at least 4 members (excludes halogenated alkanes) is 2. The van der Waals surface area contributed by atoms with Gasteiger partial charge in [-0.2, -0.15) is 0 Å². The van der Waals surface area contributed by atoms with Crippen molar-refractivity contribution in [2.45, 2.75) is 53.4 Å². The second-order valence-corrected chi connectivity index (χ2v) is 7.30. The van der Waals surface area contributed by atoms with Crippen molar-refractivity contribution in [3.05, 3.63) is 34.9 Å². The zero-order valence-corrected chi connectivity index (χ0v) is 15.2. The highest BCUT2D eigenvalue weighted by Crippen LogP contribution is 2.30. The lowest BCUT2D eigenvalue weighted by Gasteiger charge is -2.29. The van der Waals surface area contributed by atoms with Gasteiger partial charge in [-0.1, -0.05) is 58.6 Å². The SMILES string of the molecule is CCCCCC(C(=O)NNC(=O)c1ccc(Cl)cc1)C(C)(C)C. The molecule has 0 aliphatic heterocycles. The number of halogens is 1. The average molecular weight is 339 g/mol. The molecule has 0 aliphatic carbocycles. The minimum absolute atomic E-state index is 0.139. The van der Waals surface area contributed by atoms with Gasteiger partial charge in [-0.3, -0.25) is 20.4 Å². The summed E-state index contributed by atoms with van der Waals surface area (Å²) in [6.07, 6.45) is 4.06. The van der Waals surface area contributed by atoms with Gasteiger partial charge in [-0.05, 0) is 36.1 Å². The van der Waals surface area contributed by atoms with E-state index in [9.17, 15) is 9.59 Å². The summed E-state index contributed by atoms with van der Waals surface area (Å²) in [7, 11) is 0. The number of carbonyl (C=O) groups excluding carboxylic acids is 2. The number of amides is 2. The van der Waals surface area contributed by atoms with E-state index in [0.717, 1.165) is 25.7 Å². The molecule has 0 fully saturated rings. The van der Waals surface area contributed by atoms with Crippen LogP contribution in [0.5, 0.6) is 0 Å². The van der Waals surface area contributed by atoms with Crippen molar-refractivity contribution in [2.75, 3.05) is 0 Å². The molecule has 5 heteroatoms. The number of nitrogens with one attached hydrogen (secondary N) is 2. The van der Waals surface area contributed by atoms with E-state index >= 15 is 0 Å². The van der Waals surface area contributed by atoms with Crippen molar-refractivity contribution in [1.82, 2.24) is 10.9 Å². The summed E-state index contributed by atoms with van der Waals surface area (Å²) in [6.45, 7) is 8.27. The molecule has 0 saturated carbocycles. The number of rotatable bonds is 6. The van der Waals surface area contributed by atoms with E-state index in [2.05, 4.69) is 17.8 Å². The molecule has 2 N–H and O–H groups in total. The number of hydrazine groups is 1. The van der Waals surface area contributed by atoms with Gasteiger partial charge in [0.1, 0.15) is 0 Å². The zero-order valence-electron chi connectivity index (χ0n) is 14.4. The van der Waals surface area contributed by atoms with Crippen LogP contribution >= 0.6 is 11.6 Å². The molecule has 0 aromatic heterocycles. The summed E-state index contributed by atoms with van der Waals surface area (Å²) in [5, 5.41) is 0.564. The summed E-state index contributed by atoms with van der Waals surface area (Å²) in [5.74, 6) is -0.633. The van der Waals surface area contributed by atoms with Crippen molar-refractivity contribution in [3.63, 3.8) is 0 Å². The molecule has 0 aliphatic rings. The maximum atomic E-state index is 12.4. The van der Waals surface area contributed by atoms with E-state index < -0.39 is 0 Å². The van der Waals surface area contributed by atoms with Gasteiger partial charge in [0.05, 0.1) is 0 Å². The molecule has 0 spiro atoms. The Morgan fingerprint density at radius 1 is 1.09 bits per heavy atom. The first-order valence-electron chi connectivity index (χ1n) is 8.11. The van der Waals surface area contributed by atoms with E-state index in [0.29, 0.717) is 10.6 Å². The third-order valence-electron chi connectivity index (χ3n) is 3.86. The summed E-state index contributed by atoms with van der Waals surface area (Å²) in [6, 6.07) is 6.51. The van der Waals surface area contributed by atoms with Gasteiger partial charge in [0, 0.05) is 16.5 Å². The molecule has 1 rings (SSSR count). The lowest BCUT2D eigenvalue weighted by Crippen LogP contribution is -2.47. The van der Waals surface area contributed by atoms with Crippen LogP contribution in [0.1, 0.15) is 63.7 Å². The quantitative estimate of drug-likeness (QED) is 0.598. The largest absolute Gasteiger partial charge is 0.273 e. The predicted octanol–water partition coefficient (Wildman–Crippen LogP) is 4.34. The predicted molar refractivity (Wildman–Crippen MR) is 94.1 cm³/mol. The normalized spacial score (nSPS) is 12.6. The van der Waals surface area contributed by atoms with Crippen LogP contribution in [0.2, 0.25) is 5.02 Å². The molecule has 2 amide bonds. The van der Waals surface area contributed by atoms with Crippen LogP contribution in [-0.4, -0.2) is 11.8 Å². The Labute approximate surface area is 144 Å². The van der Waals surface area contributed by atoms with Crippen LogP contribution in [0, 0.1) is 11.3 Å². The van der Waals surface area contributed by atoms with Crippen molar-refractivity contribution in [1.29, 1.82) is 0 Å². The van der Waals surface area contributed by atoms with Crippen molar-refractivity contribution in [2.24, 2.45) is 11.3 Å². The minimum atomic E-state index is -0.351. The summed E-state index contributed by atoms with van der Waals surface area (Å²) in [5.41, 5.74) is 5.34. The van der Waals surface area contributed by atoms with Gasteiger partial charge in [0.2, 0.25) is 5.91 Å². The number of benzene rings is 1. The van der Waals surface area contributed by atoms with Crippen molar-refractivity contribution < 1.29 is 9.59 Å². The first-order chi connectivity index (χ1) is 10.8. The Bertz CT molecular complexity index is 521. The van der Waals surface area contributed by atoms with Crippen LogP contribution < -0.4 is 10.9 Å². The van der Waals surface area contributed by atoms with Crippen molar-refractivity contribution in [3.8, 4) is 0 Å². The first-order valence-corrected chi connectivity index (χ1v) is 8.49.